The van der Waals surface area contributed by atoms with Gasteiger partial charge in [-0.1, -0.05) is 58.7 Å². The van der Waals surface area contributed by atoms with Crippen molar-refractivity contribution in [3.05, 3.63) is 91.1 Å². The first-order chi connectivity index (χ1) is 16.4. The van der Waals surface area contributed by atoms with Gasteiger partial charge in [0.15, 0.2) is 5.16 Å². The minimum absolute atomic E-state index is 0.0494. The van der Waals surface area contributed by atoms with Gasteiger partial charge in [0.2, 0.25) is 5.91 Å². The van der Waals surface area contributed by atoms with E-state index in [9.17, 15) is 9.59 Å². The Bertz CT molecular complexity index is 1480. The minimum Gasteiger partial charge on any atom is -0.325 e. The third-order valence-corrected chi connectivity index (χ3v) is 7.32. The van der Waals surface area contributed by atoms with Crippen LogP contribution in [0.15, 0.2) is 64.5 Å². The van der Waals surface area contributed by atoms with Crippen LogP contribution in [0.1, 0.15) is 17.5 Å². The highest BCUT2D eigenvalue weighted by molar-refractivity contribution is 7.99. The molecule has 0 saturated heterocycles. The fourth-order valence-electron chi connectivity index (χ4n) is 4.12. The van der Waals surface area contributed by atoms with Crippen molar-refractivity contribution in [2.24, 2.45) is 0 Å². The van der Waals surface area contributed by atoms with Gasteiger partial charge in [0.1, 0.15) is 0 Å². The Hall–Kier alpha value is -2.51. The van der Waals surface area contributed by atoms with Crippen LogP contribution < -0.4 is 10.9 Å². The van der Waals surface area contributed by atoms with Gasteiger partial charge in [0.25, 0.3) is 5.56 Å². The van der Waals surface area contributed by atoms with E-state index in [2.05, 4.69) is 16.4 Å². The molecule has 0 saturated carbocycles. The second-order valence-electron chi connectivity index (χ2n) is 7.97. The fourth-order valence-corrected chi connectivity index (χ4v) is 5.66. The zero-order chi connectivity index (χ0) is 23.8. The number of nitrogens with one attached hydrogen (secondary N) is 1. The number of halogens is 3. The number of benzene rings is 3. The molecule has 9 heteroatoms. The number of rotatable bonds is 5. The molecule has 1 N–H and O–H groups in total. The molecule has 1 aliphatic carbocycles. The van der Waals surface area contributed by atoms with Crippen molar-refractivity contribution in [2.45, 2.75) is 24.4 Å². The Balaban J connectivity index is 1.48. The zero-order valence-electron chi connectivity index (χ0n) is 17.8. The maximum Gasteiger partial charge on any atom is 0.266 e. The number of hydrogen-bond donors (Lipinski definition) is 1. The number of aromatic nitrogens is 2. The van der Waals surface area contributed by atoms with Gasteiger partial charge in [-0.15, -0.1) is 0 Å². The van der Waals surface area contributed by atoms with Gasteiger partial charge in [-0.2, -0.15) is 0 Å². The highest BCUT2D eigenvalue weighted by atomic mass is 35.5. The van der Waals surface area contributed by atoms with Gasteiger partial charge in [-0.25, -0.2) is 4.98 Å². The molecule has 1 amide bonds. The molecule has 1 aromatic heterocycles. The maximum absolute atomic E-state index is 13.4. The second kappa shape index (κ2) is 9.62. The van der Waals surface area contributed by atoms with Crippen molar-refractivity contribution in [1.29, 1.82) is 0 Å². The number of carbonyl (C=O) groups excluding carboxylic acids is 1. The Labute approximate surface area is 215 Å². The van der Waals surface area contributed by atoms with Crippen LogP contribution in [0.3, 0.4) is 0 Å². The topological polar surface area (TPSA) is 64.0 Å². The van der Waals surface area contributed by atoms with E-state index in [4.69, 9.17) is 34.8 Å². The molecule has 0 atom stereocenters. The van der Waals surface area contributed by atoms with Crippen LogP contribution >= 0.6 is 46.6 Å². The number of fused-ring (bicyclic) bond motifs is 2. The van der Waals surface area contributed by atoms with Gasteiger partial charge in [0, 0.05) is 15.7 Å². The Morgan fingerprint density at radius 1 is 1.00 bits per heavy atom. The second-order valence-corrected chi connectivity index (χ2v) is 10.2. The lowest BCUT2D eigenvalue weighted by molar-refractivity contribution is -0.113. The van der Waals surface area contributed by atoms with E-state index in [0.29, 0.717) is 36.8 Å². The van der Waals surface area contributed by atoms with Crippen LogP contribution in [0.2, 0.25) is 15.1 Å². The van der Waals surface area contributed by atoms with E-state index < -0.39 is 0 Å². The Kier molecular flexibility index (Phi) is 6.58. The molecule has 0 fully saturated rings. The average molecular weight is 531 g/mol. The SMILES string of the molecule is O=C(CSc1nc2c(Cl)cccc2c(=O)n1-c1cc(Cl)cc(Cl)c1)Nc1ccc2c(c1)CCC2. The molecule has 34 heavy (non-hydrogen) atoms. The Morgan fingerprint density at radius 3 is 2.56 bits per heavy atom. The van der Waals surface area contributed by atoms with Crippen molar-refractivity contribution in [2.75, 3.05) is 11.1 Å². The number of thioether (sulfide) groups is 1. The number of carbonyl (C=O) groups is 1. The molecule has 4 aromatic rings. The third kappa shape index (κ3) is 4.68. The summed E-state index contributed by atoms with van der Waals surface area (Å²) in [4.78, 5) is 30.8. The van der Waals surface area contributed by atoms with Crippen LogP contribution in [-0.2, 0) is 17.6 Å². The standard InChI is InChI=1S/C25H18Cl3N3O2S/c26-16-10-17(27)12-19(11-16)31-24(33)20-5-2-6-21(28)23(20)30-25(31)34-13-22(32)29-18-8-7-14-3-1-4-15(14)9-18/h2,5-12H,1,3-4,13H2,(H,29,32). The molecule has 0 radical (unpaired) electrons. The van der Waals surface area contributed by atoms with Crippen molar-refractivity contribution in [1.82, 2.24) is 9.55 Å². The zero-order valence-corrected chi connectivity index (χ0v) is 20.9. The summed E-state index contributed by atoms with van der Waals surface area (Å²) in [6, 6.07) is 15.9. The van der Waals surface area contributed by atoms with E-state index in [-0.39, 0.29) is 17.2 Å². The van der Waals surface area contributed by atoms with E-state index in [1.165, 1.54) is 15.7 Å². The predicted octanol–water partition coefficient (Wildman–Crippen LogP) is 6.57. The molecule has 0 bridgehead atoms. The molecule has 172 valence electrons. The summed E-state index contributed by atoms with van der Waals surface area (Å²) < 4.78 is 1.41. The smallest absolute Gasteiger partial charge is 0.266 e. The van der Waals surface area contributed by atoms with Crippen molar-refractivity contribution in [3.63, 3.8) is 0 Å². The summed E-state index contributed by atoms with van der Waals surface area (Å²) in [5, 5.41) is 4.73. The lowest BCUT2D eigenvalue weighted by Gasteiger charge is -2.14. The first-order valence-electron chi connectivity index (χ1n) is 10.6. The Morgan fingerprint density at radius 2 is 1.76 bits per heavy atom. The summed E-state index contributed by atoms with van der Waals surface area (Å²) in [7, 11) is 0. The molecule has 0 spiro atoms. The van der Waals surface area contributed by atoms with Gasteiger partial charge >= 0.3 is 0 Å². The molecule has 0 aliphatic heterocycles. The van der Waals surface area contributed by atoms with E-state index in [0.717, 1.165) is 36.7 Å². The summed E-state index contributed by atoms with van der Waals surface area (Å²) >= 11 is 19.9. The first-order valence-corrected chi connectivity index (χ1v) is 12.7. The van der Waals surface area contributed by atoms with E-state index >= 15 is 0 Å². The molecule has 5 nitrogen and oxygen atoms in total. The quantitative estimate of drug-likeness (QED) is 0.234. The highest BCUT2D eigenvalue weighted by Gasteiger charge is 2.18. The van der Waals surface area contributed by atoms with Gasteiger partial charge in [-0.3, -0.25) is 14.2 Å². The van der Waals surface area contributed by atoms with Crippen molar-refractivity contribution >= 4 is 69.1 Å². The lowest BCUT2D eigenvalue weighted by atomic mass is 10.1. The molecular weight excluding hydrogens is 513 g/mol. The summed E-state index contributed by atoms with van der Waals surface area (Å²) in [5.74, 6) is -0.152. The molecular formula is C25H18Cl3N3O2S. The van der Waals surface area contributed by atoms with Crippen LogP contribution in [0.25, 0.3) is 16.6 Å². The van der Waals surface area contributed by atoms with Crippen LogP contribution in [0.4, 0.5) is 5.69 Å². The highest BCUT2D eigenvalue weighted by Crippen LogP contribution is 2.29. The first kappa shape index (κ1) is 23.2. The van der Waals surface area contributed by atoms with E-state index in [1.54, 1.807) is 36.4 Å². The number of para-hydroxylation sites is 1. The molecule has 3 aromatic carbocycles. The molecule has 5 rings (SSSR count). The average Bonchev–Trinajstić information content (AvgIpc) is 3.25. The van der Waals surface area contributed by atoms with Crippen LogP contribution in [0.5, 0.6) is 0 Å². The molecule has 1 aliphatic rings. The van der Waals surface area contributed by atoms with Gasteiger partial charge < -0.3 is 5.32 Å². The lowest BCUT2D eigenvalue weighted by Crippen LogP contribution is -2.23. The number of hydrogen-bond acceptors (Lipinski definition) is 4. The summed E-state index contributed by atoms with van der Waals surface area (Å²) in [5.41, 5.74) is 3.89. The summed E-state index contributed by atoms with van der Waals surface area (Å²) in [6.07, 6.45) is 3.26. The van der Waals surface area contributed by atoms with Gasteiger partial charge in [0.05, 0.1) is 27.4 Å². The van der Waals surface area contributed by atoms with Gasteiger partial charge in [-0.05, 0) is 72.9 Å². The van der Waals surface area contributed by atoms with Crippen molar-refractivity contribution < 1.29 is 4.79 Å². The van der Waals surface area contributed by atoms with Crippen molar-refractivity contribution in [3.8, 4) is 5.69 Å². The fraction of sp³-hybridized carbons (Fsp3) is 0.160. The number of nitrogens with zero attached hydrogens (tertiary/aromatic N) is 2. The van der Waals surface area contributed by atoms with Crippen LogP contribution in [0, 0.1) is 0 Å². The number of anilines is 1. The minimum atomic E-state index is -0.327. The maximum atomic E-state index is 13.4. The molecule has 1 heterocycles. The normalized spacial score (nSPS) is 12.7. The number of aryl methyl sites for hydroxylation is 2. The number of amides is 1. The largest absolute Gasteiger partial charge is 0.325 e. The third-order valence-electron chi connectivity index (χ3n) is 5.64. The monoisotopic (exact) mass is 529 g/mol. The van der Waals surface area contributed by atoms with Crippen LogP contribution in [-0.4, -0.2) is 21.2 Å². The summed E-state index contributed by atoms with van der Waals surface area (Å²) in [6.45, 7) is 0. The molecule has 0 unspecified atom stereocenters. The predicted molar refractivity (Wildman–Crippen MR) is 140 cm³/mol. The van der Waals surface area contributed by atoms with E-state index in [1.807, 2.05) is 12.1 Å².